The van der Waals surface area contributed by atoms with Crippen LogP contribution in [0.3, 0.4) is 0 Å². The zero-order valence-electron chi connectivity index (χ0n) is 16.1. The molecule has 0 bridgehead atoms. The van der Waals surface area contributed by atoms with Crippen molar-refractivity contribution in [2.24, 2.45) is 0 Å². The predicted molar refractivity (Wildman–Crippen MR) is 103 cm³/mol. The quantitative estimate of drug-likeness (QED) is 0.459. The van der Waals surface area contributed by atoms with Crippen molar-refractivity contribution >= 4 is 5.91 Å². The van der Waals surface area contributed by atoms with Crippen molar-refractivity contribution < 1.29 is 40.6 Å². The molecule has 0 aliphatic heterocycles. The number of amides is 1. The van der Waals surface area contributed by atoms with Crippen LogP contribution in [0.4, 0.5) is 26.3 Å². The number of benzene rings is 3. The average molecular weight is 455 g/mol. The zero-order chi connectivity index (χ0) is 23.4. The van der Waals surface area contributed by atoms with E-state index < -0.39 is 30.1 Å². The Kier molecular flexibility index (Phi) is 6.61. The molecule has 168 valence electrons. The first kappa shape index (κ1) is 23.0. The predicted octanol–water partition coefficient (Wildman–Crippen LogP) is 6.08. The molecule has 0 unspecified atom stereocenters. The number of hydrogen-bond donors (Lipinski definition) is 1. The third-order valence-electron chi connectivity index (χ3n) is 4.21. The van der Waals surface area contributed by atoms with Crippen molar-refractivity contribution in [2.45, 2.75) is 19.3 Å². The van der Waals surface area contributed by atoms with Crippen LogP contribution in [0.15, 0.2) is 72.8 Å². The summed E-state index contributed by atoms with van der Waals surface area (Å²) in [6, 6.07) is 16.6. The minimum absolute atomic E-state index is 0.119. The number of para-hydroxylation sites is 2. The Morgan fingerprint density at radius 1 is 0.719 bits per heavy atom. The van der Waals surface area contributed by atoms with E-state index in [1.165, 1.54) is 60.7 Å². The number of nitrogens with one attached hydrogen (secondary N) is 1. The van der Waals surface area contributed by atoms with Crippen LogP contribution in [0, 0.1) is 0 Å². The maximum Gasteiger partial charge on any atom is 0.573 e. The first-order valence-electron chi connectivity index (χ1n) is 9.09. The Hall–Kier alpha value is -3.69. The highest BCUT2D eigenvalue weighted by atomic mass is 19.4. The van der Waals surface area contributed by atoms with Gasteiger partial charge in [-0.3, -0.25) is 4.79 Å². The fourth-order valence-electron chi connectivity index (χ4n) is 2.87. The molecular weight excluding hydrogens is 440 g/mol. The maximum absolute atomic E-state index is 12.6. The van der Waals surface area contributed by atoms with Gasteiger partial charge in [-0.25, -0.2) is 0 Å². The normalized spacial score (nSPS) is 11.7. The number of carbonyl (C=O) groups is 1. The number of carbonyl (C=O) groups excluding carboxylic acids is 1. The van der Waals surface area contributed by atoms with E-state index in [9.17, 15) is 31.1 Å². The molecule has 4 nitrogen and oxygen atoms in total. The zero-order valence-corrected chi connectivity index (χ0v) is 16.1. The van der Waals surface area contributed by atoms with Crippen LogP contribution in [-0.2, 0) is 6.54 Å². The molecule has 0 fully saturated rings. The molecule has 0 atom stereocenters. The number of ether oxygens (including phenoxy) is 2. The molecule has 1 N–H and O–H groups in total. The summed E-state index contributed by atoms with van der Waals surface area (Å²) in [5.41, 5.74) is 0.838. The molecule has 0 aromatic heterocycles. The lowest BCUT2D eigenvalue weighted by Crippen LogP contribution is -2.24. The minimum atomic E-state index is -4.87. The van der Waals surface area contributed by atoms with Gasteiger partial charge in [0.25, 0.3) is 5.91 Å². The molecule has 3 aromatic carbocycles. The van der Waals surface area contributed by atoms with Gasteiger partial charge in [-0.1, -0.05) is 48.5 Å². The third-order valence-corrected chi connectivity index (χ3v) is 4.21. The largest absolute Gasteiger partial charge is 0.573 e. The van der Waals surface area contributed by atoms with E-state index in [4.69, 9.17) is 0 Å². The van der Waals surface area contributed by atoms with Crippen LogP contribution in [0.2, 0.25) is 0 Å². The van der Waals surface area contributed by atoms with Gasteiger partial charge in [0.05, 0.1) is 0 Å². The second kappa shape index (κ2) is 9.21. The second-order valence-electron chi connectivity index (χ2n) is 6.46. The number of rotatable bonds is 6. The molecule has 0 aliphatic carbocycles. The summed E-state index contributed by atoms with van der Waals surface area (Å²) in [5, 5.41) is 2.48. The number of hydrogen-bond acceptors (Lipinski definition) is 3. The lowest BCUT2D eigenvalue weighted by atomic mass is 10.0. The van der Waals surface area contributed by atoms with Crippen LogP contribution in [0.25, 0.3) is 11.1 Å². The van der Waals surface area contributed by atoms with Gasteiger partial charge in [0.2, 0.25) is 0 Å². The van der Waals surface area contributed by atoms with Crippen molar-refractivity contribution in [3.8, 4) is 22.6 Å². The molecule has 0 heterocycles. The van der Waals surface area contributed by atoms with Gasteiger partial charge in [0, 0.05) is 23.2 Å². The first-order chi connectivity index (χ1) is 15.0. The van der Waals surface area contributed by atoms with E-state index in [0.717, 1.165) is 6.07 Å². The van der Waals surface area contributed by atoms with Crippen molar-refractivity contribution in [1.29, 1.82) is 0 Å². The summed E-state index contributed by atoms with van der Waals surface area (Å²) in [6.45, 7) is -0.227. The summed E-state index contributed by atoms with van der Waals surface area (Å²) >= 11 is 0. The molecule has 0 saturated carbocycles. The van der Waals surface area contributed by atoms with Gasteiger partial charge in [-0.2, -0.15) is 0 Å². The molecular formula is C22H15F6NO3. The molecule has 0 radical (unpaired) electrons. The average Bonchev–Trinajstić information content (AvgIpc) is 2.71. The summed E-state index contributed by atoms with van der Waals surface area (Å²) in [7, 11) is 0. The highest BCUT2D eigenvalue weighted by molar-refractivity contribution is 5.94. The number of alkyl halides is 6. The van der Waals surface area contributed by atoms with Crippen LogP contribution < -0.4 is 14.8 Å². The lowest BCUT2D eigenvalue weighted by molar-refractivity contribution is -0.275. The smallest absolute Gasteiger partial charge is 0.405 e. The fraction of sp³-hybridized carbons (Fsp3) is 0.136. The maximum atomic E-state index is 12.6. The topological polar surface area (TPSA) is 47.6 Å². The van der Waals surface area contributed by atoms with E-state index in [0.29, 0.717) is 5.56 Å². The van der Waals surface area contributed by atoms with Crippen LogP contribution in [0.5, 0.6) is 11.5 Å². The van der Waals surface area contributed by atoms with Crippen molar-refractivity contribution in [1.82, 2.24) is 5.32 Å². The van der Waals surface area contributed by atoms with E-state index in [1.54, 1.807) is 6.07 Å². The fourth-order valence-corrected chi connectivity index (χ4v) is 2.87. The third kappa shape index (κ3) is 6.40. The summed E-state index contributed by atoms with van der Waals surface area (Å²) in [5.74, 6) is -1.41. The minimum Gasteiger partial charge on any atom is -0.405 e. The Morgan fingerprint density at radius 3 is 1.88 bits per heavy atom. The highest BCUT2D eigenvalue weighted by Gasteiger charge is 2.32. The first-order valence-corrected chi connectivity index (χ1v) is 9.09. The molecule has 3 rings (SSSR count). The Bertz CT molecular complexity index is 1080. The van der Waals surface area contributed by atoms with Crippen molar-refractivity contribution in [2.75, 3.05) is 0 Å². The number of halogens is 6. The van der Waals surface area contributed by atoms with Crippen LogP contribution in [0.1, 0.15) is 15.9 Å². The highest BCUT2D eigenvalue weighted by Crippen LogP contribution is 2.33. The molecule has 0 aliphatic rings. The summed E-state index contributed by atoms with van der Waals surface area (Å²) in [4.78, 5) is 12.4. The van der Waals surface area contributed by atoms with Gasteiger partial charge in [-0.15, -0.1) is 26.3 Å². The van der Waals surface area contributed by atoms with Gasteiger partial charge < -0.3 is 14.8 Å². The summed E-state index contributed by atoms with van der Waals surface area (Å²) in [6.07, 6.45) is -9.73. The van der Waals surface area contributed by atoms with Crippen molar-refractivity contribution in [3.05, 3.63) is 83.9 Å². The van der Waals surface area contributed by atoms with Gasteiger partial charge in [-0.05, 0) is 29.8 Å². The molecule has 0 saturated heterocycles. The second-order valence-corrected chi connectivity index (χ2v) is 6.46. The van der Waals surface area contributed by atoms with Crippen LogP contribution in [-0.4, -0.2) is 18.6 Å². The van der Waals surface area contributed by atoms with E-state index in [1.807, 2.05) is 0 Å². The van der Waals surface area contributed by atoms with E-state index >= 15 is 0 Å². The van der Waals surface area contributed by atoms with E-state index in [-0.39, 0.29) is 23.2 Å². The SMILES string of the molecule is O=C(NCc1ccccc1OC(F)(F)F)c1ccc(-c2ccccc2OC(F)(F)F)cc1. The van der Waals surface area contributed by atoms with Crippen molar-refractivity contribution in [3.63, 3.8) is 0 Å². The van der Waals surface area contributed by atoms with E-state index in [2.05, 4.69) is 14.8 Å². The lowest BCUT2D eigenvalue weighted by Gasteiger charge is -2.14. The molecule has 1 amide bonds. The van der Waals surface area contributed by atoms with Crippen LogP contribution >= 0.6 is 0 Å². The molecule has 32 heavy (non-hydrogen) atoms. The molecule has 3 aromatic rings. The molecule has 10 heteroatoms. The van der Waals surface area contributed by atoms with Gasteiger partial charge in [0.15, 0.2) is 0 Å². The Balaban J connectivity index is 1.71. The Morgan fingerprint density at radius 2 is 1.25 bits per heavy atom. The molecule has 0 spiro atoms. The Labute approximate surface area is 178 Å². The standard InChI is InChI=1S/C22H15F6NO3/c23-21(24,25)31-18-7-3-1-5-16(18)13-29-20(30)15-11-9-14(10-12-15)17-6-2-4-8-19(17)32-22(26,27)28/h1-12H,13H2,(H,29,30). The summed E-state index contributed by atoms with van der Waals surface area (Å²) < 4.78 is 83.3. The van der Waals surface area contributed by atoms with Gasteiger partial charge in [0.1, 0.15) is 11.5 Å². The van der Waals surface area contributed by atoms with Gasteiger partial charge >= 0.3 is 12.7 Å². The monoisotopic (exact) mass is 455 g/mol.